The molecule has 1 heterocycles. The quantitative estimate of drug-likeness (QED) is 0.802. The van der Waals surface area contributed by atoms with Crippen LogP contribution in [-0.4, -0.2) is 42.2 Å². The SMILES string of the molecule is COc1cccc(N)c1C(=O)N1CCC(C(C)O)C1. The van der Waals surface area contributed by atoms with Crippen molar-refractivity contribution >= 4 is 11.6 Å². The van der Waals surface area contributed by atoms with Gasteiger partial charge >= 0.3 is 0 Å². The van der Waals surface area contributed by atoms with Crippen LogP contribution >= 0.6 is 0 Å². The zero-order valence-corrected chi connectivity index (χ0v) is 11.3. The van der Waals surface area contributed by atoms with E-state index in [2.05, 4.69) is 0 Å². The number of benzene rings is 1. The number of ether oxygens (including phenoxy) is 1. The first-order chi connectivity index (χ1) is 9.04. The van der Waals surface area contributed by atoms with Gasteiger partial charge in [0.05, 0.1) is 13.2 Å². The van der Waals surface area contributed by atoms with Crippen molar-refractivity contribution in [2.45, 2.75) is 19.4 Å². The Morgan fingerprint density at radius 2 is 2.32 bits per heavy atom. The van der Waals surface area contributed by atoms with E-state index in [0.29, 0.717) is 30.1 Å². The lowest BCUT2D eigenvalue weighted by molar-refractivity contribution is 0.0760. The number of carbonyl (C=O) groups excluding carboxylic acids is 1. The van der Waals surface area contributed by atoms with Gasteiger partial charge in [-0.2, -0.15) is 0 Å². The number of hydrogen-bond acceptors (Lipinski definition) is 4. The van der Waals surface area contributed by atoms with Crippen molar-refractivity contribution in [2.75, 3.05) is 25.9 Å². The maximum absolute atomic E-state index is 12.5. The van der Waals surface area contributed by atoms with Gasteiger partial charge in [-0.3, -0.25) is 4.79 Å². The van der Waals surface area contributed by atoms with Crippen LogP contribution in [0.5, 0.6) is 5.75 Å². The highest BCUT2D eigenvalue weighted by Gasteiger charge is 2.31. The molecule has 1 saturated heterocycles. The van der Waals surface area contributed by atoms with Crippen LogP contribution in [0.1, 0.15) is 23.7 Å². The number of carbonyl (C=O) groups is 1. The van der Waals surface area contributed by atoms with Gasteiger partial charge in [-0.25, -0.2) is 0 Å². The number of aliphatic hydroxyl groups is 1. The molecule has 0 aromatic heterocycles. The predicted molar refractivity (Wildman–Crippen MR) is 73.1 cm³/mol. The number of hydrogen-bond donors (Lipinski definition) is 2. The standard InChI is InChI=1S/C14H20N2O3/c1-9(17)10-6-7-16(8-10)14(18)13-11(15)4-3-5-12(13)19-2/h3-5,9-10,17H,6-8,15H2,1-2H3. The number of nitrogens with zero attached hydrogens (tertiary/aromatic N) is 1. The second-order valence-corrected chi connectivity index (χ2v) is 4.97. The molecule has 2 unspecified atom stereocenters. The van der Waals surface area contributed by atoms with Gasteiger partial charge in [0.25, 0.3) is 5.91 Å². The average molecular weight is 264 g/mol. The fourth-order valence-corrected chi connectivity index (χ4v) is 2.47. The molecule has 5 nitrogen and oxygen atoms in total. The normalized spacial score (nSPS) is 20.4. The van der Waals surface area contributed by atoms with Crippen molar-refractivity contribution in [3.8, 4) is 5.75 Å². The molecule has 1 aromatic rings. The second kappa shape index (κ2) is 5.48. The summed E-state index contributed by atoms with van der Waals surface area (Å²) in [5, 5.41) is 9.59. The first-order valence-electron chi connectivity index (χ1n) is 6.44. The molecule has 1 fully saturated rings. The van der Waals surface area contributed by atoms with Gasteiger partial charge < -0.3 is 20.5 Å². The summed E-state index contributed by atoms with van der Waals surface area (Å²) in [4.78, 5) is 14.2. The van der Waals surface area contributed by atoms with Crippen molar-refractivity contribution in [2.24, 2.45) is 5.92 Å². The molecule has 1 aliphatic rings. The summed E-state index contributed by atoms with van der Waals surface area (Å²) in [6, 6.07) is 5.18. The number of aliphatic hydroxyl groups excluding tert-OH is 1. The van der Waals surface area contributed by atoms with Gasteiger partial charge in [0, 0.05) is 24.7 Å². The summed E-state index contributed by atoms with van der Waals surface area (Å²) < 4.78 is 5.20. The number of anilines is 1. The van der Waals surface area contributed by atoms with Crippen molar-refractivity contribution in [3.05, 3.63) is 23.8 Å². The lowest BCUT2D eigenvalue weighted by Crippen LogP contribution is -2.31. The predicted octanol–water partition coefficient (Wildman–Crippen LogP) is 1.12. The molecule has 5 heteroatoms. The second-order valence-electron chi connectivity index (χ2n) is 4.97. The molecular weight excluding hydrogens is 244 g/mol. The fraction of sp³-hybridized carbons (Fsp3) is 0.500. The maximum atomic E-state index is 12.5. The number of likely N-dealkylation sites (tertiary alicyclic amines) is 1. The monoisotopic (exact) mass is 264 g/mol. The minimum atomic E-state index is -0.396. The van der Waals surface area contributed by atoms with Gasteiger partial charge in [-0.15, -0.1) is 0 Å². The van der Waals surface area contributed by atoms with Crippen LogP contribution in [0.25, 0.3) is 0 Å². The summed E-state index contributed by atoms with van der Waals surface area (Å²) in [6.45, 7) is 2.97. The molecule has 0 aliphatic carbocycles. The third kappa shape index (κ3) is 2.66. The largest absolute Gasteiger partial charge is 0.496 e. The molecule has 0 spiro atoms. The highest BCUT2D eigenvalue weighted by atomic mass is 16.5. The van der Waals surface area contributed by atoms with E-state index < -0.39 is 6.10 Å². The highest BCUT2D eigenvalue weighted by molar-refractivity contribution is 6.02. The van der Waals surface area contributed by atoms with Crippen molar-refractivity contribution in [1.29, 1.82) is 0 Å². The number of amides is 1. The molecule has 1 aromatic carbocycles. The molecular formula is C14H20N2O3. The lowest BCUT2D eigenvalue weighted by Gasteiger charge is -2.20. The first kappa shape index (κ1) is 13.7. The molecule has 0 saturated carbocycles. The Labute approximate surface area is 113 Å². The van der Waals surface area contributed by atoms with Gasteiger partial charge in [0.15, 0.2) is 0 Å². The minimum Gasteiger partial charge on any atom is -0.496 e. The Balaban J connectivity index is 2.21. The summed E-state index contributed by atoms with van der Waals surface area (Å²) in [6.07, 6.45) is 0.422. The van der Waals surface area contributed by atoms with E-state index >= 15 is 0 Å². The Morgan fingerprint density at radius 3 is 2.89 bits per heavy atom. The van der Waals surface area contributed by atoms with E-state index in [1.807, 2.05) is 0 Å². The summed E-state index contributed by atoms with van der Waals surface area (Å²) in [5.41, 5.74) is 6.72. The van der Waals surface area contributed by atoms with Crippen LogP contribution in [-0.2, 0) is 0 Å². The smallest absolute Gasteiger partial charge is 0.259 e. The van der Waals surface area contributed by atoms with E-state index in [0.717, 1.165) is 6.42 Å². The number of nitrogen functional groups attached to an aromatic ring is 1. The van der Waals surface area contributed by atoms with Gasteiger partial charge in [0.2, 0.25) is 0 Å². The minimum absolute atomic E-state index is 0.127. The van der Waals surface area contributed by atoms with E-state index in [1.165, 1.54) is 7.11 Å². The summed E-state index contributed by atoms with van der Waals surface area (Å²) in [7, 11) is 1.52. The number of rotatable bonds is 3. The molecule has 2 atom stereocenters. The van der Waals surface area contributed by atoms with E-state index in [4.69, 9.17) is 10.5 Å². The molecule has 19 heavy (non-hydrogen) atoms. The zero-order chi connectivity index (χ0) is 14.0. The van der Waals surface area contributed by atoms with Crippen molar-refractivity contribution < 1.29 is 14.6 Å². The van der Waals surface area contributed by atoms with Gasteiger partial charge in [-0.05, 0) is 25.5 Å². The molecule has 2 rings (SSSR count). The first-order valence-corrected chi connectivity index (χ1v) is 6.44. The Kier molecular flexibility index (Phi) is 3.95. The van der Waals surface area contributed by atoms with Crippen LogP contribution in [0.2, 0.25) is 0 Å². The van der Waals surface area contributed by atoms with Crippen LogP contribution < -0.4 is 10.5 Å². The van der Waals surface area contributed by atoms with Crippen LogP contribution in [0, 0.1) is 5.92 Å². The Hall–Kier alpha value is -1.75. The number of methoxy groups -OCH3 is 1. The summed E-state index contributed by atoms with van der Waals surface area (Å²) in [5.74, 6) is 0.503. The van der Waals surface area contributed by atoms with Crippen LogP contribution in [0.4, 0.5) is 5.69 Å². The van der Waals surface area contributed by atoms with Crippen molar-refractivity contribution in [3.63, 3.8) is 0 Å². The van der Waals surface area contributed by atoms with E-state index in [-0.39, 0.29) is 11.8 Å². The van der Waals surface area contributed by atoms with Crippen LogP contribution in [0.3, 0.4) is 0 Å². The van der Waals surface area contributed by atoms with Crippen molar-refractivity contribution in [1.82, 2.24) is 4.90 Å². The van der Waals surface area contributed by atoms with Gasteiger partial charge in [-0.1, -0.05) is 6.07 Å². The molecule has 1 amide bonds. The third-order valence-corrected chi connectivity index (χ3v) is 3.69. The molecule has 1 aliphatic heterocycles. The molecule has 104 valence electrons. The summed E-state index contributed by atoms with van der Waals surface area (Å²) >= 11 is 0. The van der Waals surface area contributed by atoms with Gasteiger partial charge in [0.1, 0.15) is 11.3 Å². The topological polar surface area (TPSA) is 75.8 Å². The zero-order valence-electron chi connectivity index (χ0n) is 11.3. The third-order valence-electron chi connectivity index (χ3n) is 3.69. The van der Waals surface area contributed by atoms with E-state index in [1.54, 1.807) is 30.0 Å². The average Bonchev–Trinajstić information content (AvgIpc) is 2.87. The fourth-order valence-electron chi connectivity index (χ4n) is 2.47. The molecule has 0 bridgehead atoms. The Bertz CT molecular complexity index is 474. The highest BCUT2D eigenvalue weighted by Crippen LogP contribution is 2.28. The lowest BCUT2D eigenvalue weighted by atomic mass is 10.0. The molecule has 3 N–H and O–H groups in total. The molecule has 0 radical (unpaired) electrons. The Morgan fingerprint density at radius 1 is 1.58 bits per heavy atom. The number of nitrogens with two attached hydrogens (primary N) is 1. The van der Waals surface area contributed by atoms with E-state index in [9.17, 15) is 9.90 Å². The van der Waals surface area contributed by atoms with Crippen LogP contribution in [0.15, 0.2) is 18.2 Å². The maximum Gasteiger partial charge on any atom is 0.259 e.